The summed E-state index contributed by atoms with van der Waals surface area (Å²) >= 11 is 6.68. The number of hydrogen-bond donors (Lipinski definition) is 1. The second-order valence-electron chi connectivity index (χ2n) is 11.1. The van der Waals surface area contributed by atoms with Gasteiger partial charge in [-0.2, -0.15) is 5.10 Å². The van der Waals surface area contributed by atoms with Crippen LogP contribution < -0.4 is 4.90 Å². The average Bonchev–Trinajstić information content (AvgIpc) is 3.38. The third-order valence-electron chi connectivity index (χ3n) is 7.65. The molecule has 2 aromatic heterocycles. The van der Waals surface area contributed by atoms with Crippen molar-refractivity contribution in [3.8, 4) is 11.8 Å². The molecular formula is C31H30ClN5O3. The van der Waals surface area contributed by atoms with Crippen LogP contribution in [0.4, 0.5) is 5.69 Å². The first-order valence-corrected chi connectivity index (χ1v) is 13.6. The van der Waals surface area contributed by atoms with Gasteiger partial charge in [0.05, 0.1) is 17.7 Å². The summed E-state index contributed by atoms with van der Waals surface area (Å²) in [5.74, 6) is 5.46. The number of halogens is 1. The lowest BCUT2D eigenvalue weighted by Gasteiger charge is -2.34. The molecule has 1 atom stereocenters. The van der Waals surface area contributed by atoms with E-state index in [9.17, 15) is 14.7 Å². The van der Waals surface area contributed by atoms with Crippen molar-refractivity contribution in [2.45, 2.75) is 44.9 Å². The summed E-state index contributed by atoms with van der Waals surface area (Å²) in [6, 6.07) is 13.0. The second-order valence-corrected chi connectivity index (χ2v) is 11.4. The van der Waals surface area contributed by atoms with Gasteiger partial charge in [0.15, 0.2) is 5.69 Å². The fourth-order valence-corrected chi connectivity index (χ4v) is 5.97. The molecule has 2 aliphatic heterocycles. The third-order valence-corrected chi connectivity index (χ3v) is 8.07. The number of nitrogens with zero attached hydrogens (tertiary/aromatic N) is 5. The van der Waals surface area contributed by atoms with E-state index in [1.165, 1.54) is 0 Å². The lowest BCUT2D eigenvalue weighted by atomic mass is 10.00. The van der Waals surface area contributed by atoms with Gasteiger partial charge in [-0.15, -0.1) is 0 Å². The molecule has 2 aromatic carbocycles. The minimum Gasteiger partial charge on any atom is -0.378 e. The number of fused-ring (bicyclic) bond motifs is 1. The van der Waals surface area contributed by atoms with Crippen molar-refractivity contribution in [2.75, 3.05) is 18.5 Å². The molecule has 8 nitrogen and oxygen atoms in total. The van der Waals surface area contributed by atoms with Crippen LogP contribution in [0.3, 0.4) is 0 Å². The summed E-state index contributed by atoms with van der Waals surface area (Å²) in [7, 11) is 3.70. The van der Waals surface area contributed by atoms with Crippen LogP contribution in [0.2, 0.25) is 5.15 Å². The average molecular weight is 556 g/mol. The van der Waals surface area contributed by atoms with E-state index in [4.69, 9.17) is 11.6 Å². The molecule has 0 bridgehead atoms. The molecule has 4 aromatic rings. The Labute approximate surface area is 237 Å². The molecule has 40 heavy (non-hydrogen) atoms. The Balaban J connectivity index is 1.35. The summed E-state index contributed by atoms with van der Waals surface area (Å²) in [5.41, 5.74) is 4.30. The summed E-state index contributed by atoms with van der Waals surface area (Å²) in [6.45, 7) is 4.10. The molecule has 2 amide bonds. The Kier molecular flexibility index (Phi) is 6.25. The Hall–Kier alpha value is -4.06. The highest BCUT2D eigenvalue weighted by molar-refractivity contribution is 6.31. The van der Waals surface area contributed by atoms with Crippen molar-refractivity contribution in [1.29, 1.82) is 0 Å². The number of aromatic nitrogens is 3. The first-order chi connectivity index (χ1) is 19.0. The van der Waals surface area contributed by atoms with Gasteiger partial charge < -0.3 is 19.5 Å². The summed E-state index contributed by atoms with van der Waals surface area (Å²) in [4.78, 5) is 31.0. The molecule has 0 aliphatic carbocycles. The fourth-order valence-electron chi connectivity index (χ4n) is 5.68. The Bertz CT molecular complexity index is 1740. The van der Waals surface area contributed by atoms with Crippen LogP contribution >= 0.6 is 11.6 Å². The Morgan fingerprint density at radius 3 is 2.62 bits per heavy atom. The van der Waals surface area contributed by atoms with Gasteiger partial charge >= 0.3 is 0 Å². The number of hydrogen-bond acceptors (Lipinski definition) is 4. The predicted octanol–water partition coefficient (Wildman–Crippen LogP) is 3.78. The molecule has 204 valence electrons. The number of anilines is 1. The number of carbonyl (C=O) groups is 2. The predicted molar refractivity (Wildman–Crippen MR) is 155 cm³/mol. The van der Waals surface area contributed by atoms with E-state index in [2.05, 4.69) is 16.9 Å². The maximum atomic E-state index is 13.9. The molecule has 0 radical (unpaired) electrons. The molecule has 0 spiro atoms. The van der Waals surface area contributed by atoms with Crippen molar-refractivity contribution >= 4 is 40.0 Å². The van der Waals surface area contributed by atoms with Gasteiger partial charge in [0.25, 0.3) is 5.91 Å². The van der Waals surface area contributed by atoms with Crippen LogP contribution in [0.25, 0.3) is 10.9 Å². The number of carbonyl (C=O) groups excluding carboxylic acids is 2. The minimum absolute atomic E-state index is 0.167. The maximum Gasteiger partial charge on any atom is 0.275 e. The van der Waals surface area contributed by atoms with Crippen LogP contribution in [-0.4, -0.2) is 61.4 Å². The molecule has 0 fully saturated rings. The van der Waals surface area contributed by atoms with Crippen LogP contribution in [0.5, 0.6) is 0 Å². The van der Waals surface area contributed by atoms with Gasteiger partial charge in [-0.1, -0.05) is 53.8 Å². The van der Waals surface area contributed by atoms with E-state index in [0.717, 1.165) is 33.3 Å². The number of amides is 2. The normalized spacial score (nSPS) is 17.1. The summed E-state index contributed by atoms with van der Waals surface area (Å²) in [5, 5.41) is 16.1. The summed E-state index contributed by atoms with van der Waals surface area (Å²) < 4.78 is 3.68. The smallest absolute Gasteiger partial charge is 0.275 e. The van der Waals surface area contributed by atoms with Gasteiger partial charge in [0.1, 0.15) is 16.8 Å². The van der Waals surface area contributed by atoms with Crippen molar-refractivity contribution in [2.24, 2.45) is 7.05 Å². The largest absolute Gasteiger partial charge is 0.378 e. The third kappa shape index (κ3) is 4.45. The van der Waals surface area contributed by atoms with Crippen molar-refractivity contribution in [3.63, 3.8) is 0 Å². The number of benzene rings is 2. The molecule has 6 rings (SSSR count). The monoisotopic (exact) mass is 555 g/mol. The highest BCUT2D eigenvalue weighted by Crippen LogP contribution is 2.38. The van der Waals surface area contributed by atoms with E-state index < -0.39 is 11.6 Å². The zero-order chi connectivity index (χ0) is 28.3. The topological polar surface area (TPSA) is 83.6 Å². The molecule has 0 saturated heterocycles. The lowest BCUT2D eigenvalue weighted by Crippen LogP contribution is -2.53. The molecule has 0 unspecified atom stereocenters. The Morgan fingerprint density at radius 2 is 1.90 bits per heavy atom. The second kappa shape index (κ2) is 9.54. The number of aryl methyl sites for hydroxylation is 1. The first-order valence-electron chi connectivity index (χ1n) is 13.3. The quantitative estimate of drug-likeness (QED) is 0.390. The maximum absolute atomic E-state index is 13.9. The number of likely N-dealkylation sites (N-methyl/N-ethyl adjacent to an activating group) is 1. The standard InChI is InChI=1S/C31H30ClN5O3/c1-31(2,40)12-10-20-14-23-26-21(18-34(23)3)16-25(29(38)35(4)24(26)15-20)36-13-11-22-27(30(36)39)33-37(28(22)32)17-19-8-6-5-7-9-19/h5-9,14-15,18,25,40H,11,13,16-17H2,1-4H3/t25-/m0/s1. The SMILES string of the molecule is CN1C(=O)[C@@H](N2CCc3c(nn(Cc4ccccc4)c3Cl)C2=O)Cc2cn(C)c3cc(C#CC(C)(C)O)cc1c23. The van der Waals surface area contributed by atoms with Gasteiger partial charge in [0.2, 0.25) is 5.91 Å². The highest BCUT2D eigenvalue weighted by Gasteiger charge is 2.41. The van der Waals surface area contributed by atoms with Gasteiger partial charge in [-0.3, -0.25) is 9.59 Å². The van der Waals surface area contributed by atoms with E-state index >= 15 is 0 Å². The van der Waals surface area contributed by atoms with Crippen molar-refractivity contribution in [1.82, 2.24) is 19.2 Å². The number of rotatable bonds is 3. The van der Waals surface area contributed by atoms with Crippen molar-refractivity contribution < 1.29 is 14.7 Å². The highest BCUT2D eigenvalue weighted by atomic mass is 35.5. The molecule has 1 N–H and O–H groups in total. The zero-order valence-corrected chi connectivity index (χ0v) is 23.7. The van der Waals surface area contributed by atoms with Gasteiger partial charge in [0, 0.05) is 49.8 Å². The van der Waals surface area contributed by atoms with E-state index in [1.807, 2.05) is 60.3 Å². The molecule has 0 saturated carbocycles. The molecular weight excluding hydrogens is 526 g/mol. The molecule has 2 aliphatic rings. The van der Waals surface area contributed by atoms with Crippen molar-refractivity contribution in [3.05, 3.63) is 81.8 Å². The van der Waals surface area contributed by atoms with Crippen LogP contribution in [0.15, 0.2) is 48.7 Å². The van der Waals surface area contributed by atoms with E-state index in [1.54, 1.807) is 35.4 Å². The Morgan fingerprint density at radius 1 is 1.15 bits per heavy atom. The van der Waals surface area contributed by atoms with Crippen LogP contribution in [0, 0.1) is 11.8 Å². The van der Waals surface area contributed by atoms with E-state index in [-0.39, 0.29) is 11.8 Å². The van der Waals surface area contributed by atoms with Crippen LogP contribution in [-0.2, 0) is 31.2 Å². The molecule has 4 heterocycles. The molecule has 9 heteroatoms. The van der Waals surface area contributed by atoms with Gasteiger partial charge in [-0.05, 0) is 43.5 Å². The summed E-state index contributed by atoms with van der Waals surface area (Å²) in [6.07, 6.45) is 2.93. The number of aliphatic hydroxyl groups is 1. The lowest BCUT2D eigenvalue weighted by molar-refractivity contribution is -0.122. The first kappa shape index (κ1) is 26.2. The fraction of sp³-hybridized carbons (Fsp3) is 0.323. The zero-order valence-electron chi connectivity index (χ0n) is 22.9. The van der Waals surface area contributed by atoms with Crippen LogP contribution in [0.1, 0.15) is 46.6 Å². The van der Waals surface area contributed by atoms with Gasteiger partial charge in [-0.25, -0.2) is 4.68 Å². The van der Waals surface area contributed by atoms with E-state index in [0.29, 0.717) is 42.3 Å². The minimum atomic E-state index is -1.14.